The van der Waals surface area contributed by atoms with Gasteiger partial charge in [-0.05, 0) is 24.5 Å². The fourth-order valence-corrected chi connectivity index (χ4v) is 3.52. The van der Waals surface area contributed by atoms with Crippen LogP contribution in [0.3, 0.4) is 0 Å². The van der Waals surface area contributed by atoms with Gasteiger partial charge in [0.15, 0.2) is 5.82 Å². The minimum atomic E-state index is -0.00277. The van der Waals surface area contributed by atoms with Gasteiger partial charge < -0.3 is 9.88 Å². The van der Waals surface area contributed by atoms with E-state index >= 15 is 0 Å². The van der Waals surface area contributed by atoms with Crippen molar-refractivity contribution in [2.24, 2.45) is 5.92 Å². The molecule has 4 nitrogen and oxygen atoms in total. The summed E-state index contributed by atoms with van der Waals surface area (Å²) < 4.78 is 1.74. The third-order valence-electron chi connectivity index (χ3n) is 3.25. The van der Waals surface area contributed by atoms with E-state index in [2.05, 4.69) is 24.1 Å². The summed E-state index contributed by atoms with van der Waals surface area (Å²) in [4.78, 5) is 16.4. The van der Waals surface area contributed by atoms with Crippen LogP contribution in [0.1, 0.15) is 33.1 Å². The molecule has 1 aliphatic heterocycles. The van der Waals surface area contributed by atoms with Gasteiger partial charge in [0.05, 0.1) is 0 Å². The predicted octanol–water partition coefficient (Wildman–Crippen LogP) is 2.60. The Balaban J connectivity index is 1.97. The van der Waals surface area contributed by atoms with Crippen LogP contribution in [-0.4, -0.2) is 27.1 Å². The summed E-state index contributed by atoms with van der Waals surface area (Å²) in [6.45, 7) is 5.81. The highest BCUT2D eigenvalue weighted by molar-refractivity contribution is 7.99. The van der Waals surface area contributed by atoms with Crippen molar-refractivity contribution in [2.45, 2.75) is 44.9 Å². The van der Waals surface area contributed by atoms with Crippen LogP contribution in [0.5, 0.6) is 0 Å². The Kier molecular flexibility index (Phi) is 5.31. The van der Waals surface area contributed by atoms with Crippen LogP contribution >= 0.6 is 11.8 Å². The first-order valence-electron chi connectivity index (χ1n) is 7.07. The van der Waals surface area contributed by atoms with Crippen LogP contribution in [0, 0.1) is 5.92 Å². The molecule has 2 heterocycles. The second-order valence-electron chi connectivity index (χ2n) is 5.50. The van der Waals surface area contributed by atoms with Gasteiger partial charge in [-0.2, -0.15) is 11.8 Å². The second-order valence-corrected chi connectivity index (χ2v) is 6.90. The summed E-state index contributed by atoms with van der Waals surface area (Å²) in [7, 11) is 0. The third-order valence-corrected chi connectivity index (χ3v) is 4.64. The maximum Gasteiger partial charge on any atom is 0.293 e. The third kappa shape index (κ3) is 4.27. The van der Waals surface area contributed by atoms with Gasteiger partial charge in [-0.3, -0.25) is 4.79 Å². The Hall–Kier alpha value is -0.970. The standard InChI is InChI=1S/C14H23N3OS/c1-11(2)10-17-7-6-15-13(14(17)18)16-9-12-5-3-4-8-19-12/h6-7,11-12H,3-5,8-10H2,1-2H3,(H,15,16). The fourth-order valence-electron chi connectivity index (χ4n) is 2.28. The molecule has 5 heteroatoms. The zero-order chi connectivity index (χ0) is 13.7. The Morgan fingerprint density at radius 1 is 1.53 bits per heavy atom. The van der Waals surface area contributed by atoms with E-state index in [4.69, 9.17) is 0 Å². The predicted molar refractivity (Wildman–Crippen MR) is 81.9 cm³/mol. The first kappa shape index (κ1) is 14.4. The molecule has 19 heavy (non-hydrogen) atoms. The van der Waals surface area contributed by atoms with Gasteiger partial charge in [0.1, 0.15) is 0 Å². The molecule has 1 atom stereocenters. The molecular weight excluding hydrogens is 258 g/mol. The number of hydrogen-bond donors (Lipinski definition) is 1. The number of thioether (sulfide) groups is 1. The zero-order valence-electron chi connectivity index (χ0n) is 11.8. The molecule has 0 radical (unpaired) electrons. The van der Waals surface area contributed by atoms with E-state index in [-0.39, 0.29) is 5.56 Å². The van der Waals surface area contributed by atoms with Crippen molar-refractivity contribution in [2.75, 3.05) is 17.6 Å². The van der Waals surface area contributed by atoms with Crippen LogP contribution in [0.25, 0.3) is 0 Å². The maximum atomic E-state index is 12.2. The van der Waals surface area contributed by atoms with Crippen molar-refractivity contribution in [3.8, 4) is 0 Å². The van der Waals surface area contributed by atoms with Crippen molar-refractivity contribution in [1.82, 2.24) is 9.55 Å². The van der Waals surface area contributed by atoms with E-state index in [0.29, 0.717) is 17.0 Å². The lowest BCUT2D eigenvalue weighted by Gasteiger charge is -2.21. The number of rotatable bonds is 5. The van der Waals surface area contributed by atoms with E-state index in [1.807, 2.05) is 11.8 Å². The quantitative estimate of drug-likeness (QED) is 0.901. The highest BCUT2D eigenvalue weighted by atomic mass is 32.2. The van der Waals surface area contributed by atoms with Gasteiger partial charge in [-0.1, -0.05) is 20.3 Å². The summed E-state index contributed by atoms with van der Waals surface area (Å²) in [5.74, 6) is 2.20. The molecule has 1 aliphatic rings. The van der Waals surface area contributed by atoms with E-state index in [1.165, 1.54) is 25.0 Å². The van der Waals surface area contributed by atoms with Gasteiger partial charge in [0.25, 0.3) is 5.56 Å². The molecule has 2 rings (SSSR count). The summed E-state index contributed by atoms with van der Waals surface area (Å²) in [5, 5.41) is 3.85. The average Bonchev–Trinajstić information content (AvgIpc) is 2.40. The number of nitrogens with zero attached hydrogens (tertiary/aromatic N) is 2. The molecule has 0 saturated carbocycles. The SMILES string of the molecule is CC(C)Cn1ccnc(NCC2CCCCS2)c1=O. The molecule has 0 bridgehead atoms. The minimum Gasteiger partial charge on any atom is -0.364 e. The molecule has 1 aromatic heterocycles. The number of aromatic nitrogens is 2. The van der Waals surface area contributed by atoms with E-state index in [9.17, 15) is 4.79 Å². The molecule has 1 aromatic rings. The Bertz CT molecular complexity index is 452. The average molecular weight is 281 g/mol. The molecule has 0 aromatic carbocycles. The highest BCUT2D eigenvalue weighted by Gasteiger charge is 2.14. The summed E-state index contributed by atoms with van der Waals surface area (Å²) in [6, 6.07) is 0. The summed E-state index contributed by atoms with van der Waals surface area (Å²) in [6.07, 6.45) is 7.35. The molecule has 0 spiro atoms. The first-order chi connectivity index (χ1) is 9.16. The van der Waals surface area contributed by atoms with Crippen molar-refractivity contribution in [3.63, 3.8) is 0 Å². The largest absolute Gasteiger partial charge is 0.364 e. The summed E-state index contributed by atoms with van der Waals surface area (Å²) in [5.41, 5.74) is -0.00277. The zero-order valence-corrected chi connectivity index (χ0v) is 12.6. The van der Waals surface area contributed by atoms with Gasteiger partial charge in [0.2, 0.25) is 0 Å². The van der Waals surface area contributed by atoms with Crippen LogP contribution in [0.4, 0.5) is 5.82 Å². The fraction of sp³-hybridized carbons (Fsp3) is 0.714. The minimum absolute atomic E-state index is 0.00277. The molecule has 0 amide bonds. The van der Waals surface area contributed by atoms with Crippen molar-refractivity contribution >= 4 is 17.6 Å². The summed E-state index contributed by atoms with van der Waals surface area (Å²) >= 11 is 2.00. The topological polar surface area (TPSA) is 46.9 Å². The number of hydrogen-bond acceptors (Lipinski definition) is 4. The Morgan fingerprint density at radius 3 is 3.05 bits per heavy atom. The Morgan fingerprint density at radius 2 is 2.37 bits per heavy atom. The van der Waals surface area contributed by atoms with Crippen molar-refractivity contribution in [3.05, 3.63) is 22.7 Å². The molecule has 106 valence electrons. The molecule has 1 unspecified atom stereocenters. The second kappa shape index (κ2) is 6.98. The van der Waals surface area contributed by atoms with E-state index in [1.54, 1.807) is 17.0 Å². The van der Waals surface area contributed by atoms with Crippen molar-refractivity contribution < 1.29 is 0 Å². The normalized spacial score (nSPS) is 19.6. The number of nitrogens with one attached hydrogen (secondary N) is 1. The van der Waals surface area contributed by atoms with Crippen LogP contribution in [0.2, 0.25) is 0 Å². The van der Waals surface area contributed by atoms with E-state index in [0.717, 1.165) is 13.1 Å². The molecule has 0 aliphatic carbocycles. The van der Waals surface area contributed by atoms with Gasteiger partial charge >= 0.3 is 0 Å². The van der Waals surface area contributed by atoms with Crippen LogP contribution in [-0.2, 0) is 6.54 Å². The molecular formula is C14H23N3OS. The van der Waals surface area contributed by atoms with Gasteiger partial charge in [-0.25, -0.2) is 4.98 Å². The number of anilines is 1. The lowest BCUT2D eigenvalue weighted by molar-refractivity contribution is 0.509. The monoisotopic (exact) mass is 281 g/mol. The maximum absolute atomic E-state index is 12.2. The Labute approximate surface area is 119 Å². The van der Waals surface area contributed by atoms with E-state index < -0.39 is 0 Å². The molecule has 1 N–H and O–H groups in total. The lowest BCUT2D eigenvalue weighted by atomic mass is 10.2. The molecule has 1 fully saturated rings. The molecule has 1 saturated heterocycles. The van der Waals surface area contributed by atoms with Crippen molar-refractivity contribution in [1.29, 1.82) is 0 Å². The van der Waals surface area contributed by atoms with Crippen LogP contribution < -0.4 is 10.9 Å². The van der Waals surface area contributed by atoms with Gasteiger partial charge in [-0.15, -0.1) is 0 Å². The highest BCUT2D eigenvalue weighted by Crippen LogP contribution is 2.24. The lowest BCUT2D eigenvalue weighted by Crippen LogP contribution is -2.29. The van der Waals surface area contributed by atoms with Crippen LogP contribution in [0.15, 0.2) is 17.2 Å². The smallest absolute Gasteiger partial charge is 0.293 e. The first-order valence-corrected chi connectivity index (χ1v) is 8.12. The van der Waals surface area contributed by atoms with Gasteiger partial charge in [0, 0.05) is 30.7 Å².